The first-order valence-corrected chi connectivity index (χ1v) is 23.6. The van der Waals surface area contributed by atoms with Crippen molar-refractivity contribution in [3.63, 3.8) is 0 Å². The Balaban J connectivity index is 0.976. The van der Waals surface area contributed by atoms with Gasteiger partial charge in [0.25, 0.3) is 0 Å². The topological polar surface area (TPSA) is 27.9 Å². The lowest BCUT2D eigenvalue weighted by Gasteiger charge is -2.11. The van der Waals surface area contributed by atoms with Crippen molar-refractivity contribution in [3.8, 4) is 28.2 Å². The Morgan fingerprint density at radius 1 is 0.418 bits per heavy atom. The van der Waals surface area contributed by atoms with Crippen LogP contribution in [-0.4, -0.2) is 13.7 Å². The first kappa shape index (κ1) is 39.0. The fraction of sp³-hybridized carbons (Fsp3) is 0.0323. The maximum Gasteiger partial charge on any atom is 0.145 e. The molecule has 13 aromatic rings. The van der Waals surface area contributed by atoms with Crippen molar-refractivity contribution >= 4 is 121 Å². The van der Waals surface area contributed by atoms with E-state index < -0.39 is 0 Å². The summed E-state index contributed by atoms with van der Waals surface area (Å²) in [6, 6.07) is 59.6. The van der Waals surface area contributed by atoms with Crippen LogP contribution in [-0.2, 0) is 0 Å². The summed E-state index contributed by atoms with van der Waals surface area (Å²) in [5, 5.41) is 9.22. The smallest absolute Gasteiger partial charge is 0.145 e. The zero-order valence-corrected chi connectivity index (χ0v) is 37.9. The van der Waals surface area contributed by atoms with Crippen LogP contribution in [0.2, 0.25) is 0 Å². The summed E-state index contributed by atoms with van der Waals surface area (Å²) in [7, 11) is 0. The van der Waals surface area contributed by atoms with E-state index in [4.69, 9.17) is 4.42 Å². The fourth-order valence-electron chi connectivity index (χ4n) is 10.8. The van der Waals surface area contributed by atoms with Gasteiger partial charge in [0.15, 0.2) is 0 Å². The van der Waals surface area contributed by atoms with E-state index in [-0.39, 0.29) is 0 Å². The van der Waals surface area contributed by atoms with Gasteiger partial charge in [0.2, 0.25) is 0 Å². The molecule has 0 N–H and O–H groups in total. The summed E-state index contributed by atoms with van der Waals surface area (Å²) in [6.45, 7) is 12.6. The van der Waals surface area contributed by atoms with Gasteiger partial charge >= 0.3 is 0 Å². The first-order valence-electron chi connectivity index (χ1n) is 22.8. The van der Waals surface area contributed by atoms with E-state index in [1.54, 1.807) is 0 Å². The molecule has 0 saturated carbocycles. The third-order valence-electron chi connectivity index (χ3n) is 13.6. The monoisotopic (exact) mass is 877 g/mol. The number of aromatic nitrogens is 3. The van der Waals surface area contributed by atoms with Gasteiger partial charge in [0.05, 0.1) is 44.2 Å². The Bertz CT molecular complexity index is 4270. The van der Waals surface area contributed by atoms with E-state index >= 15 is 0 Å². The van der Waals surface area contributed by atoms with Gasteiger partial charge in [-0.1, -0.05) is 110 Å². The molecular weight excluding hydrogens is 835 g/mol. The van der Waals surface area contributed by atoms with Crippen molar-refractivity contribution in [3.05, 3.63) is 212 Å². The Morgan fingerprint density at radius 3 is 1.72 bits per heavy atom. The standard InChI is InChI=1S/C62H43N3OS/c1-5-17-51-43(7-3)45-23-12-14-25-53(45)64(51)42-28-34-58-50(37-42)49-36-39(27-33-57(49)67-58)38-19-16-22-41(35-38)65-54-26-15-13-24-48(54)60-56(65)32-30-47-46-29-31-55-59(61(46)66-62(47)60)44(8-4)52(18-6-2)63(55)40-20-10-9-11-21-40/h5-37H,3-4H2,1-2H3/b17-5-,18-6-. The highest BCUT2D eigenvalue weighted by atomic mass is 32.1. The second-order valence-corrected chi connectivity index (χ2v) is 18.3. The van der Waals surface area contributed by atoms with Crippen molar-refractivity contribution in [2.75, 3.05) is 0 Å². The molecule has 8 aromatic carbocycles. The zero-order chi connectivity index (χ0) is 44.9. The molecule has 318 valence electrons. The van der Waals surface area contributed by atoms with Gasteiger partial charge in [-0.25, -0.2) is 0 Å². The molecule has 5 aromatic heterocycles. The Morgan fingerprint density at radius 2 is 0.985 bits per heavy atom. The van der Waals surface area contributed by atoms with Gasteiger partial charge in [-0.2, -0.15) is 0 Å². The summed E-state index contributed by atoms with van der Waals surface area (Å²) in [6.07, 6.45) is 12.5. The minimum absolute atomic E-state index is 0.874. The minimum Gasteiger partial charge on any atom is -0.455 e. The molecule has 0 saturated heterocycles. The summed E-state index contributed by atoms with van der Waals surface area (Å²) in [5.74, 6) is 0. The van der Waals surface area contributed by atoms with Crippen LogP contribution in [0.3, 0.4) is 0 Å². The van der Waals surface area contributed by atoms with Crippen molar-refractivity contribution in [1.29, 1.82) is 0 Å². The van der Waals surface area contributed by atoms with Crippen molar-refractivity contribution < 1.29 is 4.42 Å². The molecule has 0 spiro atoms. The van der Waals surface area contributed by atoms with E-state index in [9.17, 15) is 0 Å². The molecule has 67 heavy (non-hydrogen) atoms. The second-order valence-electron chi connectivity index (χ2n) is 17.2. The van der Waals surface area contributed by atoms with Gasteiger partial charge in [0.1, 0.15) is 11.2 Å². The highest BCUT2D eigenvalue weighted by Crippen LogP contribution is 2.46. The number of thiophene rings is 1. The van der Waals surface area contributed by atoms with Gasteiger partial charge in [-0.15, -0.1) is 11.3 Å². The predicted molar refractivity (Wildman–Crippen MR) is 290 cm³/mol. The summed E-state index contributed by atoms with van der Waals surface area (Å²) in [4.78, 5) is 0. The first-order chi connectivity index (χ1) is 33.1. The number of benzene rings is 8. The molecular formula is C62H43N3OS. The van der Waals surface area contributed by atoms with Crippen LogP contribution >= 0.6 is 11.3 Å². The number of furan rings is 1. The third-order valence-corrected chi connectivity index (χ3v) is 14.8. The molecule has 0 amide bonds. The molecule has 0 radical (unpaired) electrons. The molecule has 0 aliphatic rings. The van der Waals surface area contributed by atoms with Crippen molar-refractivity contribution in [2.24, 2.45) is 0 Å². The van der Waals surface area contributed by atoms with Gasteiger partial charge in [0, 0.05) is 69.9 Å². The lowest BCUT2D eigenvalue weighted by Crippen LogP contribution is -1.96. The van der Waals surface area contributed by atoms with E-state index in [1.165, 1.54) is 36.6 Å². The minimum atomic E-state index is 0.874. The quantitative estimate of drug-likeness (QED) is 0.149. The molecule has 0 aliphatic heterocycles. The SMILES string of the molecule is C=Cc1c(/C=C\C)n(-c2ccc3sc4ccc(-c5cccc(-n6c7ccccc7c7c8oc9c(ccc%10c9c(C=C)c(/C=C\C)n%10-c9ccccc9)c8ccc76)c5)cc4c3c2)c2ccccc12. The van der Waals surface area contributed by atoms with Crippen LogP contribution < -0.4 is 0 Å². The van der Waals surface area contributed by atoms with E-state index in [2.05, 4.69) is 229 Å². The lowest BCUT2D eigenvalue weighted by molar-refractivity contribution is 0.676. The zero-order valence-electron chi connectivity index (χ0n) is 37.1. The summed E-state index contributed by atoms with van der Waals surface area (Å²) < 4.78 is 16.8. The normalized spacial score (nSPS) is 12.3. The number of fused-ring (bicyclic) bond motifs is 13. The van der Waals surface area contributed by atoms with Crippen LogP contribution in [0.5, 0.6) is 0 Å². The van der Waals surface area contributed by atoms with Gasteiger partial charge in [-0.3, -0.25) is 0 Å². The molecule has 5 heterocycles. The molecule has 5 heteroatoms. The van der Waals surface area contributed by atoms with E-state index in [1.807, 2.05) is 23.5 Å². The summed E-state index contributed by atoms with van der Waals surface area (Å²) in [5.41, 5.74) is 16.3. The Labute approximate surface area is 391 Å². The Hall–Kier alpha value is -8.38. The van der Waals surface area contributed by atoms with E-state index in [0.717, 1.165) is 99.8 Å². The number of rotatable bonds is 8. The van der Waals surface area contributed by atoms with Crippen LogP contribution in [0.25, 0.3) is 138 Å². The molecule has 13 rings (SSSR count). The molecule has 0 unspecified atom stereocenters. The average Bonchev–Trinajstić information content (AvgIpc) is 4.17. The fourth-order valence-corrected chi connectivity index (χ4v) is 11.9. The van der Waals surface area contributed by atoms with Crippen LogP contribution in [0.1, 0.15) is 36.4 Å². The lowest BCUT2D eigenvalue weighted by atomic mass is 10.0. The van der Waals surface area contributed by atoms with Gasteiger partial charge in [-0.05, 0) is 128 Å². The average molecular weight is 878 g/mol. The maximum atomic E-state index is 7.20. The third kappa shape index (κ3) is 5.65. The number of allylic oxidation sites excluding steroid dienone is 2. The largest absolute Gasteiger partial charge is 0.455 e. The number of hydrogen-bond donors (Lipinski definition) is 0. The number of nitrogens with zero attached hydrogens (tertiary/aromatic N) is 3. The maximum absolute atomic E-state index is 7.20. The highest BCUT2D eigenvalue weighted by Gasteiger charge is 2.24. The molecule has 0 fully saturated rings. The molecule has 4 nitrogen and oxygen atoms in total. The highest BCUT2D eigenvalue weighted by molar-refractivity contribution is 7.25. The van der Waals surface area contributed by atoms with E-state index in [0.29, 0.717) is 0 Å². The number of hydrogen-bond acceptors (Lipinski definition) is 2. The van der Waals surface area contributed by atoms with Gasteiger partial charge < -0.3 is 18.1 Å². The Kier molecular flexibility index (Phi) is 8.79. The second kappa shape index (κ2) is 15.1. The van der Waals surface area contributed by atoms with Crippen molar-refractivity contribution in [1.82, 2.24) is 13.7 Å². The summed E-state index contributed by atoms with van der Waals surface area (Å²) >= 11 is 1.85. The number of para-hydroxylation sites is 3. The van der Waals surface area contributed by atoms with Crippen LogP contribution in [0.4, 0.5) is 0 Å². The van der Waals surface area contributed by atoms with Crippen molar-refractivity contribution in [2.45, 2.75) is 13.8 Å². The molecule has 0 bridgehead atoms. The molecule has 0 aliphatic carbocycles. The molecule has 0 atom stereocenters. The van der Waals surface area contributed by atoms with Crippen LogP contribution in [0.15, 0.2) is 194 Å². The predicted octanol–water partition coefficient (Wildman–Crippen LogP) is 18.0. The van der Waals surface area contributed by atoms with Crippen LogP contribution in [0, 0.1) is 0 Å².